The van der Waals surface area contributed by atoms with Crippen LogP contribution in [0.4, 0.5) is 4.39 Å². The van der Waals surface area contributed by atoms with Crippen LogP contribution in [0.5, 0.6) is 5.75 Å². The molecule has 0 atom stereocenters. The van der Waals surface area contributed by atoms with Crippen LogP contribution < -0.4 is 4.74 Å². The first kappa shape index (κ1) is 15.2. The molecule has 0 unspecified atom stereocenters. The fraction of sp³-hybridized carbons (Fsp3) is 0.500. The van der Waals surface area contributed by atoms with Crippen LogP contribution in [0.25, 0.3) is 0 Å². The number of hydrogen-bond donors (Lipinski definition) is 0. The van der Waals surface area contributed by atoms with Crippen molar-refractivity contribution in [2.75, 3.05) is 12.4 Å². The summed E-state index contributed by atoms with van der Waals surface area (Å²) in [7, 11) is 1.70. The molecular weight excluding hydrogens is 279 g/mol. The Morgan fingerprint density at radius 2 is 1.78 bits per heavy atom. The normalized spacial score (nSPS) is 11.4. The SMILES string of the molecule is O=S(=O)(Cl)CCCCCCOc1ccccc1F. The van der Waals surface area contributed by atoms with Gasteiger partial charge in [0.25, 0.3) is 0 Å². The van der Waals surface area contributed by atoms with Gasteiger partial charge in [-0.05, 0) is 25.0 Å². The van der Waals surface area contributed by atoms with E-state index in [1.54, 1.807) is 18.2 Å². The lowest BCUT2D eigenvalue weighted by molar-refractivity contribution is 0.290. The Hall–Kier alpha value is -0.810. The Balaban J connectivity index is 2.08. The number of unbranched alkanes of at least 4 members (excludes halogenated alkanes) is 3. The minimum atomic E-state index is -3.37. The van der Waals surface area contributed by atoms with Crippen molar-refractivity contribution in [1.82, 2.24) is 0 Å². The van der Waals surface area contributed by atoms with Gasteiger partial charge in [0.05, 0.1) is 12.4 Å². The highest BCUT2D eigenvalue weighted by atomic mass is 35.7. The summed E-state index contributed by atoms with van der Waals surface area (Å²) in [4.78, 5) is 0. The van der Waals surface area contributed by atoms with Gasteiger partial charge in [-0.3, -0.25) is 0 Å². The first-order chi connectivity index (χ1) is 8.49. The van der Waals surface area contributed by atoms with Crippen molar-refractivity contribution in [1.29, 1.82) is 0 Å². The highest BCUT2D eigenvalue weighted by molar-refractivity contribution is 8.13. The molecule has 0 aliphatic carbocycles. The third kappa shape index (κ3) is 6.81. The van der Waals surface area contributed by atoms with Crippen LogP contribution in [0.15, 0.2) is 24.3 Å². The molecule has 18 heavy (non-hydrogen) atoms. The number of hydrogen-bond acceptors (Lipinski definition) is 3. The monoisotopic (exact) mass is 294 g/mol. The fourth-order valence-corrected chi connectivity index (χ4v) is 2.35. The van der Waals surface area contributed by atoms with Crippen molar-refractivity contribution < 1.29 is 17.5 Å². The zero-order valence-electron chi connectivity index (χ0n) is 9.94. The van der Waals surface area contributed by atoms with Crippen LogP contribution in [0.3, 0.4) is 0 Å². The molecule has 0 saturated carbocycles. The van der Waals surface area contributed by atoms with Gasteiger partial charge in [-0.1, -0.05) is 25.0 Å². The molecule has 0 aliphatic rings. The van der Waals surface area contributed by atoms with Crippen molar-refractivity contribution in [2.24, 2.45) is 0 Å². The molecule has 1 aromatic rings. The van der Waals surface area contributed by atoms with Gasteiger partial charge in [0, 0.05) is 10.7 Å². The van der Waals surface area contributed by atoms with E-state index in [1.807, 2.05) is 0 Å². The van der Waals surface area contributed by atoms with Crippen molar-refractivity contribution in [2.45, 2.75) is 25.7 Å². The molecular formula is C12H16ClFO3S. The molecule has 0 heterocycles. The maximum Gasteiger partial charge on any atom is 0.232 e. The van der Waals surface area contributed by atoms with Crippen molar-refractivity contribution >= 4 is 19.7 Å². The number of benzene rings is 1. The number of para-hydroxylation sites is 1. The van der Waals surface area contributed by atoms with E-state index in [0.29, 0.717) is 13.0 Å². The van der Waals surface area contributed by atoms with E-state index in [-0.39, 0.29) is 17.3 Å². The summed E-state index contributed by atoms with van der Waals surface area (Å²) in [5.41, 5.74) is 0. The second-order valence-electron chi connectivity index (χ2n) is 3.94. The molecule has 1 aromatic carbocycles. The Bertz CT molecular complexity index is 462. The summed E-state index contributed by atoms with van der Waals surface area (Å²) < 4.78 is 39.7. The molecule has 0 bridgehead atoms. The van der Waals surface area contributed by atoms with E-state index in [4.69, 9.17) is 15.4 Å². The van der Waals surface area contributed by atoms with Crippen molar-refractivity contribution in [3.05, 3.63) is 30.1 Å². The minimum absolute atomic E-state index is 0.00270. The molecule has 1 rings (SSSR count). The summed E-state index contributed by atoms with van der Waals surface area (Å²) in [5, 5.41) is 0. The van der Waals surface area contributed by atoms with Gasteiger partial charge in [-0.2, -0.15) is 0 Å². The lowest BCUT2D eigenvalue weighted by Gasteiger charge is -2.06. The number of halogens is 2. The summed E-state index contributed by atoms with van der Waals surface area (Å²) in [5.74, 6) is -0.116. The molecule has 6 heteroatoms. The fourth-order valence-electron chi connectivity index (χ4n) is 1.47. The number of ether oxygens (including phenoxy) is 1. The van der Waals surface area contributed by atoms with E-state index in [0.717, 1.165) is 19.3 Å². The molecule has 102 valence electrons. The lowest BCUT2D eigenvalue weighted by Crippen LogP contribution is -2.00. The smallest absolute Gasteiger partial charge is 0.232 e. The van der Waals surface area contributed by atoms with E-state index >= 15 is 0 Å². The van der Waals surface area contributed by atoms with Gasteiger partial charge >= 0.3 is 0 Å². The molecule has 0 N–H and O–H groups in total. The average Bonchev–Trinajstić information content (AvgIpc) is 2.28. The predicted molar refractivity (Wildman–Crippen MR) is 70.0 cm³/mol. The first-order valence-electron chi connectivity index (χ1n) is 5.79. The van der Waals surface area contributed by atoms with Gasteiger partial charge < -0.3 is 4.74 Å². The second-order valence-corrected chi connectivity index (χ2v) is 6.83. The predicted octanol–water partition coefficient (Wildman–Crippen LogP) is 3.33. The zero-order chi connectivity index (χ0) is 13.4. The average molecular weight is 295 g/mol. The Morgan fingerprint density at radius 3 is 2.44 bits per heavy atom. The Morgan fingerprint density at radius 1 is 1.11 bits per heavy atom. The zero-order valence-corrected chi connectivity index (χ0v) is 11.5. The molecule has 0 aliphatic heterocycles. The highest BCUT2D eigenvalue weighted by Crippen LogP contribution is 2.16. The van der Waals surface area contributed by atoms with Gasteiger partial charge in [0.15, 0.2) is 11.6 Å². The Labute approximate surface area is 111 Å². The molecule has 0 aromatic heterocycles. The molecule has 0 amide bonds. The summed E-state index contributed by atoms with van der Waals surface area (Å²) in [6.07, 6.45) is 2.91. The second kappa shape index (κ2) is 7.59. The molecule has 0 radical (unpaired) electrons. The van der Waals surface area contributed by atoms with E-state index in [1.165, 1.54) is 6.07 Å². The molecule has 0 spiro atoms. The maximum absolute atomic E-state index is 13.1. The van der Waals surface area contributed by atoms with Gasteiger partial charge in [0.1, 0.15) is 0 Å². The van der Waals surface area contributed by atoms with Crippen LogP contribution in [0.1, 0.15) is 25.7 Å². The minimum Gasteiger partial charge on any atom is -0.491 e. The van der Waals surface area contributed by atoms with Crippen LogP contribution in [0, 0.1) is 5.82 Å². The van der Waals surface area contributed by atoms with Crippen molar-refractivity contribution in [3.63, 3.8) is 0 Å². The van der Waals surface area contributed by atoms with E-state index < -0.39 is 9.05 Å². The maximum atomic E-state index is 13.1. The van der Waals surface area contributed by atoms with Gasteiger partial charge in [-0.25, -0.2) is 12.8 Å². The standard InChI is InChI=1S/C12H16ClFO3S/c13-18(15,16)10-6-2-1-5-9-17-12-8-4-3-7-11(12)14/h3-4,7-8H,1-2,5-6,9-10H2. The lowest BCUT2D eigenvalue weighted by atomic mass is 10.2. The molecule has 3 nitrogen and oxygen atoms in total. The van der Waals surface area contributed by atoms with Crippen LogP contribution in [0.2, 0.25) is 0 Å². The number of rotatable bonds is 8. The van der Waals surface area contributed by atoms with E-state index in [2.05, 4.69) is 0 Å². The van der Waals surface area contributed by atoms with Crippen LogP contribution in [-0.4, -0.2) is 20.8 Å². The topological polar surface area (TPSA) is 43.4 Å². The summed E-state index contributed by atoms with van der Waals surface area (Å²) in [6.45, 7) is 0.425. The van der Waals surface area contributed by atoms with Crippen LogP contribution >= 0.6 is 10.7 Å². The third-order valence-electron chi connectivity index (χ3n) is 2.38. The van der Waals surface area contributed by atoms with E-state index in [9.17, 15) is 12.8 Å². The van der Waals surface area contributed by atoms with Crippen molar-refractivity contribution in [3.8, 4) is 5.75 Å². The summed E-state index contributed by atoms with van der Waals surface area (Å²) in [6, 6.07) is 6.24. The highest BCUT2D eigenvalue weighted by Gasteiger charge is 2.04. The summed E-state index contributed by atoms with van der Waals surface area (Å²) >= 11 is 0. The first-order valence-corrected chi connectivity index (χ1v) is 8.26. The van der Waals surface area contributed by atoms with Crippen LogP contribution in [-0.2, 0) is 9.05 Å². The largest absolute Gasteiger partial charge is 0.491 e. The third-order valence-corrected chi connectivity index (χ3v) is 3.62. The van der Waals surface area contributed by atoms with Gasteiger partial charge in [-0.15, -0.1) is 0 Å². The molecule has 0 fully saturated rings. The quantitative estimate of drug-likeness (QED) is 0.545. The Kier molecular flexibility index (Phi) is 6.43. The van der Waals surface area contributed by atoms with Gasteiger partial charge in [0.2, 0.25) is 9.05 Å². The molecule has 0 saturated heterocycles.